The Kier molecular flexibility index (Phi) is 4.21. The van der Waals surface area contributed by atoms with E-state index in [2.05, 4.69) is 11.2 Å². The van der Waals surface area contributed by atoms with Gasteiger partial charge >= 0.3 is 0 Å². The van der Waals surface area contributed by atoms with Crippen LogP contribution >= 0.6 is 11.6 Å². The Morgan fingerprint density at radius 3 is 2.94 bits per heavy atom. The van der Waals surface area contributed by atoms with Gasteiger partial charge in [0.15, 0.2) is 0 Å². The molecule has 1 aromatic carbocycles. The highest BCUT2D eigenvalue weighted by molar-refractivity contribution is 6.32. The van der Waals surface area contributed by atoms with Crippen LogP contribution in [0.2, 0.25) is 5.02 Å². The Bertz CT molecular complexity index is 437. The normalized spacial score (nSPS) is 11.6. The number of nitrogens with one attached hydrogen (secondary N) is 1. The second-order valence-electron chi connectivity index (χ2n) is 3.45. The molecule has 1 unspecified atom stereocenters. The number of phenolic OH excluding ortho intramolecular Hbond substituents is 1. The molecule has 3 nitrogen and oxygen atoms in total. The second kappa shape index (κ2) is 5.43. The number of terminal acetylenes is 1. The smallest absolute Gasteiger partial charge is 0.251 e. The van der Waals surface area contributed by atoms with Crippen LogP contribution in [0.15, 0.2) is 18.2 Å². The summed E-state index contributed by atoms with van der Waals surface area (Å²) in [5.74, 6) is 2.16. The van der Waals surface area contributed by atoms with Gasteiger partial charge in [0.05, 0.1) is 5.02 Å². The molecule has 0 saturated heterocycles. The highest BCUT2D eigenvalue weighted by Crippen LogP contribution is 2.23. The average molecular weight is 238 g/mol. The maximum absolute atomic E-state index is 11.7. The molecule has 1 amide bonds. The maximum atomic E-state index is 11.7. The summed E-state index contributed by atoms with van der Waals surface area (Å²) < 4.78 is 0. The Balaban J connectivity index is 2.74. The number of aromatic hydroxyl groups is 1. The lowest BCUT2D eigenvalue weighted by molar-refractivity contribution is 0.0941. The number of hydrogen-bond donors (Lipinski definition) is 2. The summed E-state index contributed by atoms with van der Waals surface area (Å²) in [6.07, 6.45) is 5.60. The van der Waals surface area contributed by atoms with Crippen LogP contribution in [0.25, 0.3) is 0 Å². The highest BCUT2D eigenvalue weighted by atomic mass is 35.5. The van der Waals surface area contributed by atoms with Gasteiger partial charge in [0.25, 0.3) is 5.91 Å². The predicted octanol–water partition coefficient (Wildman–Crippen LogP) is 2.19. The number of rotatable bonds is 3. The van der Waals surface area contributed by atoms with Crippen LogP contribution in [0, 0.1) is 12.3 Å². The van der Waals surface area contributed by atoms with Crippen molar-refractivity contribution in [1.29, 1.82) is 0 Å². The largest absolute Gasteiger partial charge is 0.506 e. The first-order valence-electron chi connectivity index (χ1n) is 4.77. The van der Waals surface area contributed by atoms with Gasteiger partial charge in [-0.25, -0.2) is 0 Å². The zero-order chi connectivity index (χ0) is 12.1. The molecule has 0 spiro atoms. The average Bonchev–Trinajstić information content (AvgIpc) is 2.22. The van der Waals surface area contributed by atoms with E-state index in [1.54, 1.807) is 0 Å². The van der Waals surface area contributed by atoms with E-state index in [1.807, 2.05) is 6.92 Å². The summed E-state index contributed by atoms with van der Waals surface area (Å²) in [6.45, 7) is 1.82. The number of hydrogen-bond acceptors (Lipinski definition) is 2. The van der Waals surface area contributed by atoms with Crippen LogP contribution in [0.5, 0.6) is 5.75 Å². The molecular weight excluding hydrogens is 226 g/mol. The van der Waals surface area contributed by atoms with Crippen molar-refractivity contribution >= 4 is 17.5 Å². The molecule has 16 heavy (non-hydrogen) atoms. The molecule has 0 bridgehead atoms. The first kappa shape index (κ1) is 12.4. The Labute approximate surface area is 99.4 Å². The minimum atomic E-state index is -0.260. The third-order valence-electron chi connectivity index (χ3n) is 2.01. The van der Waals surface area contributed by atoms with E-state index in [1.165, 1.54) is 18.2 Å². The van der Waals surface area contributed by atoms with E-state index in [9.17, 15) is 9.90 Å². The molecule has 1 aromatic rings. The van der Waals surface area contributed by atoms with E-state index in [4.69, 9.17) is 18.0 Å². The first-order chi connectivity index (χ1) is 7.54. The monoisotopic (exact) mass is 237 g/mol. The van der Waals surface area contributed by atoms with Gasteiger partial charge in [0.2, 0.25) is 0 Å². The molecule has 0 aromatic heterocycles. The zero-order valence-electron chi connectivity index (χ0n) is 8.83. The van der Waals surface area contributed by atoms with Crippen LogP contribution in [0.4, 0.5) is 0 Å². The van der Waals surface area contributed by atoms with E-state index < -0.39 is 0 Å². The van der Waals surface area contributed by atoms with Gasteiger partial charge in [-0.1, -0.05) is 11.6 Å². The molecule has 0 fully saturated rings. The fourth-order valence-electron chi connectivity index (χ4n) is 1.18. The molecular formula is C12H12ClNO2. The zero-order valence-corrected chi connectivity index (χ0v) is 9.58. The Morgan fingerprint density at radius 2 is 2.38 bits per heavy atom. The molecule has 0 aliphatic carbocycles. The van der Waals surface area contributed by atoms with E-state index in [0.29, 0.717) is 12.0 Å². The molecule has 1 rings (SSSR count). The van der Waals surface area contributed by atoms with Crippen LogP contribution in [0.3, 0.4) is 0 Å². The van der Waals surface area contributed by atoms with Crippen LogP contribution in [-0.2, 0) is 0 Å². The van der Waals surface area contributed by atoms with Gasteiger partial charge in [-0.15, -0.1) is 12.3 Å². The van der Waals surface area contributed by atoms with Crippen LogP contribution in [-0.4, -0.2) is 17.1 Å². The third kappa shape index (κ3) is 3.18. The fraction of sp³-hybridized carbons (Fsp3) is 0.250. The van der Waals surface area contributed by atoms with Crippen molar-refractivity contribution in [2.24, 2.45) is 0 Å². The lowest BCUT2D eigenvalue weighted by Crippen LogP contribution is -2.32. The molecule has 84 valence electrons. The van der Waals surface area contributed by atoms with Gasteiger partial charge in [0.1, 0.15) is 5.75 Å². The Hall–Kier alpha value is -1.66. The summed E-state index contributed by atoms with van der Waals surface area (Å²) in [7, 11) is 0. The highest BCUT2D eigenvalue weighted by Gasteiger charge is 2.10. The second-order valence-corrected chi connectivity index (χ2v) is 3.86. The van der Waals surface area contributed by atoms with Crippen LogP contribution in [0.1, 0.15) is 23.7 Å². The number of carbonyl (C=O) groups is 1. The minimum absolute atomic E-state index is 0.0464. The molecule has 4 heteroatoms. The Morgan fingerprint density at radius 1 is 1.69 bits per heavy atom. The van der Waals surface area contributed by atoms with Crippen molar-refractivity contribution in [3.8, 4) is 18.1 Å². The summed E-state index contributed by atoms with van der Waals surface area (Å²) in [4.78, 5) is 11.7. The van der Waals surface area contributed by atoms with E-state index in [-0.39, 0.29) is 22.7 Å². The molecule has 0 aliphatic heterocycles. The molecule has 0 saturated carbocycles. The van der Waals surface area contributed by atoms with Crippen molar-refractivity contribution < 1.29 is 9.90 Å². The number of amides is 1. The number of carbonyl (C=O) groups excluding carboxylic acids is 1. The number of halogens is 1. The van der Waals surface area contributed by atoms with Gasteiger partial charge in [0, 0.05) is 18.0 Å². The third-order valence-corrected chi connectivity index (χ3v) is 2.31. The molecule has 2 N–H and O–H groups in total. The standard InChI is InChI=1S/C12H12ClNO2/c1-3-4-8(2)14-12(16)9-5-6-11(15)10(13)7-9/h1,5-8,15H,4H2,2H3,(H,14,16). The van der Waals surface area contributed by atoms with E-state index >= 15 is 0 Å². The molecule has 1 atom stereocenters. The van der Waals surface area contributed by atoms with E-state index in [0.717, 1.165) is 0 Å². The van der Waals surface area contributed by atoms with Crippen molar-refractivity contribution in [3.63, 3.8) is 0 Å². The lowest BCUT2D eigenvalue weighted by Gasteiger charge is -2.11. The fourth-order valence-corrected chi connectivity index (χ4v) is 1.36. The summed E-state index contributed by atoms with van der Waals surface area (Å²) in [5.41, 5.74) is 0.395. The quantitative estimate of drug-likeness (QED) is 0.792. The number of benzene rings is 1. The van der Waals surface area contributed by atoms with Crippen molar-refractivity contribution in [1.82, 2.24) is 5.32 Å². The summed E-state index contributed by atoms with van der Waals surface area (Å²) in [5, 5.41) is 12.1. The topological polar surface area (TPSA) is 49.3 Å². The molecule has 0 aliphatic rings. The summed E-state index contributed by atoms with van der Waals surface area (Å²) in [6, 6.07) is 4.20. The SMILES string of the molecule is C#CCC(C)NC(=O)c1ccc(O)c(Cl)c1. The van der Waals surface area contributed by atoms with Gasteiger partial charge in [-0.2, -0.15) is 0 Å². The first-order valence-corrected chi connectivity index (χ1v) is 5.15. The van der Waals surface area contributed by atoms with Crippen LogP contribution < -0.4 is 5.32 Å². The predicted molar refractivity (Wildman–Crippen MR) is 63.5 cm³/mol. The lowest BCUT2D eigenvalue weighted by atomic mass is 10.1. The molecule has 0 radical (unpaired) electrons. The summed E-state index contributed by atoms with van der Waals surface area (Å²) >= 11 is 5.69. The van der Waals surface area contributed by atoms with Gasteiger partial charge < -0.3 is 10.4 Å². The maximum Gasteiger partial charge on any atom is 0.251 e. The van der Waals surface area contributed by atoms with Crippen molar-refractivity contribution in [2.75, 3.05) is 0 Å². The minimum Gasteiger partial charge on any atom is -0.506 e. The van der Waals surface area contributed by atoms with Crippen molar-refractivity contribution in [3.05, 3.63) is 28.8 Å². The molecule has 0 heterocycles. The van der Waals surface area contributed by atoms with Gasteiger partial charge in [-0.05, 0) is 25.1 Å². The number of phenols is 1. The van der Waals surface area contributed by atoms with Gasteiger partial charge in [-0.3, -0.25) is 4.79 Å². The van der Waals surface area contributed by atoms with Crippen molar-refractivity contribution in [2.45, 2.75) is 19.4 Å².